The summed E-state index contributed by atoms with van der Waals surface area (Å²) in [5.41, 5.74) is 0. The number of carbonyl (C=O) groups excluding carboxylic acids is 3. The monoisotopic (exact) mass is 1450 g/mol. The number of hydrogen-bond donors (Lipinski definition) is 1. The van der Waals surface area contributed by atoms with E-state index in [-0.39, 0.29) is 30.1 Å². The molecule has 1 aliphatic heterocycles. The van der Waals surface area contributed by atoms with Crippen molar-refractivity contribution in [1.29, 1.82) is 0 Å². The summed E-state index contributed by atoms with van der Waals surface area (Å²) >= 11 is 11.3. The van der Waals surface area contributed by atoms with Crippen LogP contribution in [0.25, 0.3) is 0 Å². The maximum atomic E-state index is 13.1. The van der Waals surface area contributed by atoms with Crippen molar-refractivity contribution in [3.05, 3.63) is 0 Å². The van der Waals surface area contributed by atoms with Gasteiger partial charge in [-0.3, -0.25) is 14.4 Å². The van der Waals surface area contributed by atoms with Crippen molar-refractivity contribution in [3.63, 3.8) is 0 Å². The molecule has 0 aromatic rings. The van der Waals surface area contributed by atoms with E-state index in [1.54, 1.807) is 0 Å². The van der Waals surface area contributed by atoms with E-state index < -0.39 is 0 Å². The van der Waals surface area contributed by atoms with E-state index in [9.17, 15) is 14.4 Å². The molecule has 1 heterocycles. The van der Waals surface area contributed by atoms with Crippen LogP contribution >= 0.6 is 70.6 Å². The fourth-order valence-corrected chi connectivity index (χ4v) is 18.0. The van der Waals surface area contributed by atoms with Crippen molar-refractivity contribution in [1.82, 2.24) is 20.0 Å². The molecule has 0 atom stereocenters. The molecule has 0 bridgehead atoms. The zero-order chi connectivity index (χ0) is 69.3. The molecular formula is C76H150N4O9S6. The van der Waals surface area contributed by atoms with Crippen LogP contribution in [0.15, 0.2) is 0 Å². The lowest BCUT2D eigenvalue weighted by Gasteiger charge is -2.35. The van der Waals surface area contributed by atoms with Crippen LogP contribution in [0.2, 0.25) is 0 Å². The number of thioether (sulfide) groups is 6. The smallest absolute Gasteiger partial charge is 0.307 e. The summed E-state index contributed by atoms with van der Waals surface area (Å²) in [6.07, 6.45) is 43.2. The molecule has 0 aromatic carbocycles. The fraction of sp³-hybridized carbons (Fsp3) is 0.961. The molecule has 1 N–H and O–H groups in total. The van der Waals surface area contributed by atoms with E-state index in [1.165, 1.54) is 180 Å². The highest BCUT2D eigenvalue weighted by Gasteiger charge is 2.23. The van der Waals surface area contributed by atoms with Gasteiger partial charge >= 0.3 is 17.9 Å². The highest BCUT2D eigenvalue weighted by atomic mass is 32.2. The zero-order valence-electron chi connectivity index (χ0n) is 63.1. The van der Waals surface area contributed by atoms with Gasteiger partial charge in [0.2, 0.25) is 0 Å². The third kappa shape index (κ3) is 66.0. The summed E-state index contributed by atoms with van der Waals surface area (Å²) in [4.78, 5) is 46.0. The zero-order valence-corrected chi connectivity index (χ0v) is 68.0. The van der Waals surface area contributed by atoms with Crippen molar-refractivity contribution in [3.8, 4) is 0 Å². The number of nitrogens with zero attached hydrogens (tertiary/aromatic N) is 3. The Labute approximate surface area is 612 Å². The van der Waals surface area contributed by atoms with Crippen molar-refractivity contribution < 1.29 is 42.8 Å². The molecule has 1 aliphatic rings. The number of carbonyl (C=O) groups is 3. The lowest BCUT2D eigenvalue weighted by atomic mass is 10.1. The van der Waals surface area contributed by atoms with Gasteiger partial charge in [-0.2, -0.15) is 0 Å². The Balaban J connectivity index is 2.38. The minimum atomic E-state index is -0.183. The number of hydrogen-bond acceptors (Lipinski definition) is 19. The molecule has 0 radical (unpaired) electrons. The van der Waals surface area contributed by atoms with Gasteiger partial charge in [-0.05, 0) is 99.8 Å². The molecule has 0 unspecified atom stereocenters. The summed E-state index contributed by atoms with van der Waals surface area (Å²) in [7, 11) is 0. The maximum absolute atomic E-state index is 13.1. The van der Waals surface area contributed by atoms with Crippen LogP contribution in [0.1, 0.15) is 287 Å². The molecule has 1 saturated heterocycles. The Morgan fingerprint density at radius 2 is 0.600 bits per heavy atom. The first kappa shape index (κ1) is 93.2. The average Bonchev–Trinajstić information content (AvgIpc) is 2.03. The minimum Gasteiger partial charge on any atom is -0.465 e. The first-order chi connectivity index (χ1) is 46.1. The van der Waals surface area contributed by atoms with Gasteiger partial charge in [0.1, 0.15) is 19.8 Å². The minimum absolute atomic E-state index is 0.0109. The van der Waals surface area contributed by atoms with E-state index >= 15 is 0 Å². The molecule has 0 amide bonds. The van der Waals surface area contributed by atoms with Crippen LogP contribution in [0, 0.1) is 0 Å². The maximum Gasteiger partial charge on any atom is 0.307 e. The second-order valence-corrected chi connectivity index (χ2v) is 38.6. The van der Waals surface area contributed by atoms with Crippen LogP contribution in [0.5, 0.6) is 0 Å². The molecule has 13 nitrogen and oxygen atoms in total. The summed E-state index contributed by atoms with van der Waals surface area (Å²) in [6, 6.07) is 0. The van der Waals surface area contributed by atoms with Gasteiger partial charge in [0.05, 0.1) is 51.3 Å². The summed E-state index contributed by atoms with van der Waals surface area (Å²) in [6.45, 7) is 36.1. The van der Waals surface area contributed by atoms with Crippen molar-refractivity contribution >= 4 is 88.5 Å². The second kappa shape index (κ2) is 67.4. The van der Waals surface area contributed by atoms with E-state index in [4.69, 9.17) is 28.4 Å². The van der Waals surface area contributed by atoms with Gasteiger partial charge in [-0.15, -0.1) is 70.6 Å². The summed E-state index contributed by atoms with van der Waals surface area (Å²) < 4.78 is 35.0. The van der Waals surface area contributed by atoms with Gasteiger partial charge in [0, 0.05) is 100 Å². The van der Waals surface area contributed by atoms with Gasteiger partial charge < -0.3 is 48.4 Å². The SMILES string of the molecule is CCCCCCCCCCCCOCCSC(C)(C)SCCOC(=O)CCNCCCN1CCN(CCCN(CCC(=O)OCCSC(C)(C)SCCOCCCCCCCCCCCC)CCC(=O)OCCSC(C)(C)SCCOCCCCCCCCCCCC)CC1. The lowest BCUT2D eigenvalue weighted by Crippen LogP contribution is -2.47. The Hall–Kier alpha value is 0.230. The van der Waals surface area contributed by atoms with Crippen LogP contribution in [-0.4, -0.2) is 211 Å². The van der Waals surface area contributed by atoms with Gasteiger partial charge in [-0.1, -0.05) is 194 Å². The Kier molecular flexibility index (Phi) is 66.2. The van der Waals surface area contributed by atoms with E-state index in [0.29, 0.717) is 58.7 Å². The first-order valence-electron chi connectivity index (χ1n) is 39.0. The molecule has 1 rings (SSSR count). The van der Waals surface area contributed by atoms with Crippen LogP contribution in [0.4, 0.5) is 0 Å². The van der Waals surface area contributed by atoms with Crippen molar-refractivity contribution in [2.75, 3.05) is 166 Å². The first-order valence-corrected chi connectivity index (χ1v) is 44.9. The highest BCUT2D eigenvalue weighted by Crippen LogP contribution is 2.38. The second-order valence-electron chi connectivity index (χ2n) is 27.6. The number of piperazine rings is 1. The molecular weight excluding hydrogens is 1310 g/mol. The molecule has 0 aliphatic carbocycles. The summed E-state index contributed by atoms with van der Waals surface area (Å²) in [5, 5.41) is 3.46. The normalized spacial score (nSPS) is 13.6. The molecule has 95 heavy (non-hydrogen) atoms. The molecule has 0 spiro atoms. The fourth-order valence-electron chi connectivity index (χ4n) is 11.4. The molecule has 0 saturated carbocycles. The topological polar surface area (TPSA) is 128 Å². The Morgan fingerprint density at radius 3 is 0.916 bits per heavy atom. The number of ether oxygens (including phenoxy) is 6. The van der Waals surface area contributed by atoms with E-state index in [1.807, 2.05) is 70.6 Å². The van der Waals surface area contributed by atoms with Crippen molar-refractivity contribution in [2.45, 2.75) is 299 Å². The third-order valence-electron chi connectivity index (χ3n) is 17.4. The quantitative estimate of drug-likeness (QED) is 0.0268. The highest BCUT2D eigenvalue weighted by molar-refractivity contribution is 8.19. The molecule has 1 fully saturated rings. The van der Waals surface area contributed by atoms with Crippen molar-refractivity contribution in [2.24, 2.45) is 0 Å². The standard InChI is InChI=1S/C76H150N4O9S6/c1-10-13-16-19-22-25-28-31-34-37-56-84-59-65-90-74(4,5)93-68-62-87-71(81)42-46-77-45-40-47-79-52-54-80(55-53-79)49-41-48-78(50-43-72(82)88-63-69-94-75(6,7)91-66-60-85-57-38-35-32-29-26-23-20-17-14-11-2)51-44-73(83)89-64-70-95-76(8,9)92-67-61-86-58-39-36-33-30-27-24-21-18-15-12-3/h77H,10-70H2,1-9H3. The Morgan fingerprint density at radius 1 is 0.326 bits per heavy atom. The predicted molar refractivity (Wildman–Crippen MR) is 423 cm³/mol. The molecule has 0 aromatic heterocycles. The predicted octanol–water partition coefficient (Wildman–Crippen LogP) is 19.5. The van der Waals surface area contributed by atoms with Gasteiger partial charge in [0.15, 0.2) is 0 Å². The molecule has 564 valence electrons. The van der Waals surface area contributed by atoms with E-state index in [2.05, 4.69) is 82.3 Å². The lowest BCUT2D eigenvalue weighted by molar-refractivity contribution is -0.144. The number of rotatable bonds is 74. The number of esters is 3. The van der Waals surface area contributed by atoms with E-state index in [0.717, 1.165) is 152 Å². The largest absolute Gasteiger partial charge is 0.465 e. The Bertz CT molecular complexity index is 1640. The molecule has 19 heteroatoms. The van der Waals surface area contributed by atoms with Gasteiger partial charge in [-0.25, -0.2) is 0 Å². The number of nitrogens with one attached hydrogen (secondary N) is 1. The third-order valence-corrected chi connectivity index (χ3v) is 25.9. The van der Waals surface area contributed by atoms with Crippen LogP contribution in [0.3, 0.4) is 0 Å². The summed E-state index contributed by atoms with van der Waals surface area (Å²) in [5.74, 6) is 4.70. The average molecular weight is 1460 g/mol. The van der Waals surface area contributed by atoms with Crippen LogP contribution < -0.4 is 5.32 Å². The number of unbranched alkanes of at least 4 members (excludes halogenated alkanes) is 27. The van der Waals surface area contributed by atoms with Gasteiger partial charge in [0.25, 0.3) is 0 Å². The van der Waals surface area contributed by atoms with Crippen LogP contribution in [-0.2, 0) is 42.8 Å².